The topological polar surface area (TPSA) is 23.8 Å². The first-order valence-electron chi connectivity index (χ1n) is 6.18. The third-order valence-electron chi connectivity index (χ3n) is 3.90. The zero-order chi connectivity index (χ0) is 11.4. The molecule has 0 amide bonds. The molecule has 1 heterocycles. The van der Waals surface area contributed by atoms with E-state index >= 15 is 0 Å². The number of rotatable bonds is 3. The van der Waals surface area contributed by atoms with E-state index < -0.39 is 0 Å². The Labute approximate surface area is 102 Å². The maximum atomic E-state index is 9.41. The number of thiophene rings is 1. The third kappa shape index (κ3) is 2.65. The van der Waals surface area contributed by atoms with Gasteiger partial charge < -0.3 is 0 Å². The zero-order valence-electron chi connectivity index (χ0n) is 9.91. The molecule has 0 aromatic carbocycles. The van der Waals surface area contributed by atoms with Gasteiger partial charge in [-0.1, -0.05) is 13.0 Å². The van der Waals surface area contributed by atoms with Crippen LogP contribution in [0, 0.1) is 22.7 Å². The number of hydrogen-bond acceptors (Lipinski definition) is 2. The van der Waals surface area contributed by atoms with E-state index in [-0.39, 0.29) is 5.41 Å². The Morgan fingerprint density at radius 1 is 1.50 bits per heavy atom. The van der Waals surface area contributed by atoms with E-state index in [2.05, 4.69) is 30.5 Å². The average molecular weight is 233 g/mol. The average Bonchev–Trinajstić information content (AvgIpc) is 2.82. The summed E-state index contributed by atoms with van der Waals surface area (Å²) in [5.41, 5.74) is -0.0174. The number of nitrogens with zero attached hydrogens (tertiary/aromatic N) is 1. The molecule has 1 aliphatic carbocycles. The zero-order valence-corrected chi connectivity index (χ0v) is 10.7. The molecule has 1 fully saturated rings. The second-order valence-corrected chi connectivity index (χ2v) is 6.19. The highest BCUT2D eigenvalue weighted by molar-refractivity contribution is 7.09. The molecule has 0 aliphatic heterocycles. The first kappa shape index (κ1) is 11.7. The van der Waals surface area contributed by atoms with Crippen LogP contribution in [-0.2, 0) is 6.42 Å². The van der Waals surface area contributed by atoms with Gasteiger partial charge in [0.25, 0.3) is 0 Å². The predicted molar refractivity (Wildman–Crippen MR) is 68.3 cm³/mol. The minimum Gasteiger partial charge on any atom is -0.198 e. The molecule has 0 bridgehead atoms. The largest absolute Gasteiger partial charge is 0.198 e. The van der Waals surface area contributed by atoms with Crippen molar-refractivity contribution in [2.45, 2.75) is 45.4 Å². The fraction of sp³-hybridized carbons (Fsp3) is 0.643. The highest BCUT2D eigenvalue weighted by atomic mass is 32.1. The van der Waals surface area contributed by atoms with Gasteiger partial charge in [-0.05, 0) is 55.9 Å². The van der Waals surface area contributed by atoms with Gasteiger partial charge in [-0.2, -0.15) is 5.26 Å². The lowest BCUT2D eigenvalue weighted by Gasteiger charge is -2.33. The fourth-order valence-electron chi connectivity index (χ4n) is 2.55. The molecule has 0 saturated heterocycles. The van der Waals surface area contributed by atoms with E-state index in [0.717, 1.165) is 31.6 Å². The molecule has 1 aliphatic rings. The highest BCUT2D eigenvalue weighted by Crippen LogP contribution is 2.41. The number of hydrogen-bond donors (Lipinski definition) is 0. The van der Waals surface area contributed by atoms with Crippen LogP contribution in [0.15, 0.2) is 17.5 Å². The summed E-state index contributed by atoms with van der Waals surface area (Å²) in [6, 6.07) is 6.89. The van der Waals surface area contributed by atoms with Crippen LogP contribution in [0.5, 0.6) is 0 Å². The van der Waals surface area contributed by atoms with Gasteiger partial charge in [-0.25, -0.2) is 0 Å². The van der Waals surface area contributed by atoms with E-state index in [1.807, 2.05) is 11.3 Å². The fourth-order valence-corrected chi connectivity index (χ4v) is 3.26. The monoisotopic (exact) mass is 233 g/mol. The van der Waals surface area contributed by atoms with Gasteiger partial charge in [0.15, 0.2) is 0 Å². The van der Waals surface area contributed by atoms with E-state index in [1.54, 1.807) is 0 Å². The Bertz CT molecular complexity index is 353. The second-order valence-electron chi connectivity index (χ2n) is 5.15. The molecule has 1 nitrogen and oxygen atoms in total. The molecular formula is C14H19NS. The first-order chi connectivity index (χ1) is 7.74. The maximum absolute atomic E-state index is 9.41. The summed E-state index contributed by atoms with van der Waals surface area (Å²) < 4.78 is 0. The van der Waals surface area contributed by atoms with Crippen LogP contribution in [0.4, 0.5) is 0 Å². The van der Waals surface area contributed by atoms with Crippen molar-refractivity contribution < 1.29 is 0 Å². The summed E-state index contributed by atoms with van der Waals surface area (Å²) in [4.78, 5) is 1.42. The van der Waals surface area contributed by atoms with Gasteiger partial charge in [0.1, 0.15) is 0 Å². The molecule has 0 spiro atoms. The molecular weight excluding hydrogens is 214 g/mol. The van der Waals surface area contributed by atoms with Crippen molar-refractivity contribution in [3.8, 4) is 6.07 Å². The summed E-state index contributed by atoms with van der Waals surface area (Å²) in [5.74, 6) is 0.822. The molecule has 0 N–H and O–H groups in total. The van der Waals surface area contributed by atoms with Crippen molar-refractivity contribution in [2.75, 3.05) is 0 Å². The quantitative estimate of drug-likeness (QED) is 0.759. The van der Waals surface area contributed by atoms with Crippen molar-refractivity contribution >= 4 is 11.3 Å². The van der Waals surface area contributed by atoms with Crippen LogP contribution < -0.4 is 0 Å². The SMILES string of the molecule is CC1CCC(C#N)(CCc2cccs2)CC1. The van der Waals surface area contributed by atoms with E-state index in [1.165, 1.54) is 17.7 Å². The molecule has 0 atom stereocenters. The Morgan fingerprint density at radius 3 is 2.81 bits per heavy atom. The molecule has 2 heteroatoms. The number of nitriles is 1. The minimum absolute atomic E-state index is 0.0174. The molecule has 0 radical (unpaired) electrons. The lowest BCUT2D eigenvalue weighted by molar-refractivity contribution is 0.207. The van der Waals surface area contributed by atoms with Crippen molar-refractivity contribution in [1.29, 1.82) is 5.26 Å². The van der Waals surface area contributed by atoms with Crippen molar-refractivity contribution in [2.24, 2.45) is 11.3 Å². The molecule has 86 valence electrons. The van der Waals surface area contributed by atoms with Crippen LogP contribution in [-0.4, -0.2) is 0 Å². The van der Waals surface area contributed by atoms with Gasteiger partial charge in [0.05, 0.1) is 11.5 Å². The molecule has 0 unspecified atom stereocenters. The molecule has 16 heavy (non-hydrogen) atoms. The lowest BCUT2D eigenvalue weighted by atomic mass is 9.69. The first-order valence-corrected chi connectivity index (χ1v) is 7.06. The van der Waals surface area contributed by atoms with Crippen molar-refractivity contribution in [3.05, 3.63) is 22.4 Å². The third-order valence-corrected chi connectivity index (χ3v) is 4.83. The van der Waals surface area contributed by atoms with Crippen LogP contribution >= 0.6 is 11.3 Å². The van der Waals surface area contributed by atoms with E-state index in [4.69, 9.17) is 0 Å². The van der Waals surface area contributed by atoms with Gasteiger partial charge in [0, 0.05) is 4.88 Å². The van der Waals surface area contributed by atoms with Gasteiger partial charge >= 0.3 is 0 Å². The summed E-state index contributed by atoms with van der Waals surface area (Å²) >= 11 is 1.81. The normalized spacial score (nSPS) is 29.9. The van der Waals surface area contributed by atoms with Crippen molar-refractivity contribution in [3.63, 3.8) is 0 Å². The molecule has 2 rings (SSSR count). The van der Waals surface area contributed by atoms with Crippen LogP contribution in [0.25, 0.3) is 0 Å². The summed E-state index contributed by atoms with van der Waals surface area (Å²) in [7, 11) is 0. The highest BCUT2D eigenvalue weighted by Gasteiger charge is 2.33. The van der Waals surface area contributed by atoms with Crippen molar-refractivity contribution in [1.82, 2.24) is 0 Å². The minimum atomic E-state index is -0.0174. The van der Waals surface area contributed by atoms with Gasteiger partial charge in [-0.15, -0.1) is 11.3 Å². The van der Waals surface area contributed by atoms with E-state index in [0.29, 0.717) is 0 Å². The Kier molecular flexibility index (Phi) is 3.66. The Hall–Kier alpha value is -0.810. The standard InChI is InChI=1S/C14H19NS/c1-12-4-7-14(11-15,8-5-12)9-6-13-3-2-10-16-13/h2-3,10,12H,4-9H2,1H3. The lowest BCUT2D eigenvalue weighted by Crippen LogP contribution is -2.25. The van der Waals surface area contributed by atoms with Crippen LogP contribution in [0.3, 0.4) is 0 Å². The van der Waals surface area contributed by atoms with Crippen LogP contribution in [0.1, 0.15) is 43.9 Å². The number of aryl methyl sites for hydroxylation is 1. The second kappa shape index (κ2) is 5.01. The van der Waals surface area contributed by atoms with Crippen LogP contribution in [0.2, 0.25) is 0 Å². The maximum Gasteiger partial charge on any atom is 0.0689 e. The Balaban J connectivity index is 1.93. The van der Waals surface area contributed by atoms with E-state index in [9.17, 15) is 5.26 Å². The summed E-state index contributed by atoms with van der Waals surface area (Å²) in [5, 5.41) is 11.5. The summed E-state index contributed by atoms with van der Waals surface area (Å²) in [6.45, 7) is 2.31. The smallest absolute Gasteiger partial charge is 0.0689 e. The van der Waals surface area contributed by atoms with Gasteiger partial charge in [-0.3, -0.25) is 0 Å². The Morgan fingerprint density at radius 2 is 2.25 bits per heavy atom. The molecule has 1 saturated carbocycles. The summed E-state index contributed by atoms with van der Waals surface area (Å²) in [6.07, 6.45) is 6.82. The molecule has 1 aromatic heterocycles. The predicted octanol–water partition coefficient (Wildman–Crippen LogP) is 4.40. The molecule has 1 aromatic rings. The van der Waals surface area contributed by atoms with Gasteiger partial charge in [0.2, 0.25) is 0 Å².